The highest BCUT2D eigenvalue weighted by molar-refractivity contribution is 5.34. The molecular formula is C16H15NO. The first kappa shape index (κ1) is 12.3. The van der Waals surface area contributed by atoms with Crippen LogP contribution in [-0.2, 0) is 11.2 Å². The molecule has 0 saturated carbocycles. The summed E-state index contributed by atoms with van der Waals surface area (Å²) in [5.74, 6) is 0.232. The Labute approximate surface area is 107 Å². The lowest BCUT2D eigenvalue weighted by Crippen LogP contribution is -2.06. The Bertz CT molecular complexity index is 515. The maximum absolute atomic E-state index is 10.3. The third-order valence-corrected chi connectivity index (χ3v) is 2.97. The molecule has 0 spiro atoms. The van der Waals surface area contributed by atoms with Crippen LogP contribution in [0.2, 0.25) is 0 Å². The van der Waals surface area contributed by atoms with Gasteiger partial charge in [0.15, 0.2) is 0 Å². The van der Waals surface area contributed by atoms with E-state index in [4.69, 9.17) is 0 Å². The predicted molar refractivity (Wildman–Crippen MR) is 72.3 cm³/mol. The Morgan fingerprint density at radius 1 is 0.944 bits per heavy atom. The Balaban J connectivity index is 2.18. The molecule has 18 heavy (non-hydrogen) atoms. The van der Waals surface area contributed by atoms with Gasteiger partial charge in [-0.05, 0) is 17.5 Å². The van der Waals surface area contributed by atoms with E-state index in [0.717, 1.165) is 6.42 Å². The molecule has 2 aromatic carbocycles. The summed E-state index contributed by atoms with van der Waals surface area (Å²) in [5, 5.41) is 0. The van der Waals surface area contributed by atoms with Crippen LogP contribution in [0.4, 0.5) is 0 Å². The summed E-state index contributed by atoms with van der Waals surface area (Å²) >= 11 is 0. The SMILES string of the molecule is O=C=NCC(Cc1ccccc1)c1ccccc1. The zero-order valence-electron chi connectivity index (χ0n) is 10.1. The molecule has 1 atom stereocenters. The number of nitrogens with zero attached hydrogens (tertiary/aromatic N) is 1. The first-order valence-electron chi connectivity index (χ1n) is 6.02. The minimum atomic E-state index is 0.232. The molecule has 2 nitrogen and oxygen atoms in total. The Morgan fingerprint density at radius 2 is 1.56 bits per heavy atom. The average molecular weight is 237 g/mol. The standard InChI is InChI=1S/C16H15NO/c18-13-17-12-16(15-9-5-2-6-10-15)11-14-7-3-1-4-8-14/h1-10,16H,11-12H2. The van der Waals surface area contributed by atoms with Crippen molar-refractivity contribution in [2.75, 3.05) is 6.54 Å². The summed E-state index contributed by atoms with van der Waals surface area (Å²) in [7, 11) is 0. The van der Waals surface area contributed by atoms with Gasteiger partial charge < -0.3 is 0 Å². The normalized spacial score (nSPS) is 11.6. The third kappa shape index (κ3) is 3.41. The molecule has 0 saturated heterocycles. The van der Waals surface area contributed by atoms with Crippen LogP contribution in [0.15, 0.2) is 65.7 Å². The minimum Gasteiger partial charge on any atom is -0.211 e. The van der Waals surface area contributed by atoms with Crippen molar-refractivity contribution in [1.82, 2.24) is 0 Å². The van der Waals surface area contributed by atoms with Crippen LogP contribution in [0.5, 0.6) is 0 Å². The number of isocyanates is 1. The van der Waals surface area contributed by atoms with Gasteiger partial charge in [-0.25, -0.2) is 9.79 Å². The van der Waals surface area contributed by atoms with E-state index in [2.05, 4.69) is 29.3 Å². The van der Waals surface area contributed by atoms with Crippen LogP contribution >= 0.6 is 0 Å². The first-order chi connectivity index (χ1) is 8.90. The minimum absolute atomic E-state index is 0.232. The molecule has 0 aliphatic rings. The zero-order chi connectivity index (χ0) is 12.6. The number of benzene rings is 2. The number of hydrogen-bond donors (Lipinski definition) is 0. The van der Waals surface area contributed by atoms with Crippen LogP contribution in [0.1, 0.15) is 17.0 Å². The van der Waals surface area contributed by atoms with Gasteiger partial charge in [0.05, 0.1) is 6.54 Å². The molecule has 0 heterocycles. The van der Waals surface area contributed by atoms with Gasteiger partial charge in [0.1, 0.15) is 0 Å². The van der Waals surface area contributed by atoms with Gasteiger partial charge in [0, 0.05) is 5.92 Å². The second-order valence-corrected chi connectivity index (χ2v) is 4.23. The topological polar surface area (TPSA) is 29.4 Å². The predicted octanol–water partition coefficient (Wildman–Crippen LogP) is 3.35. The Hall–Kier alpha value is -2.18. The summed E-state index contributed by atoms with van der Waals surface area (Å²) < 4.78 is 0. The van der Waals surface area contributed by atoms with Crippen molar-refractivity contribution in [3.63, 3.8) is 0 Å². The van der Waals surface area contributed by atoms with E-state index in [9.17, 15) is 4.79 Å². The van der Waals surface area contributed by atoms with Crippen molar-refractivity contribution in [1.29, 1.82) is 0 Å². The third-order valence-electron chi connectivity index (χ3n) is 2.97. The molecular weight excluding hydrogens is 222 g/mol. The van der Waals surface area contributed by atoms with Crippen LogP contribution < -0.4 is 0 Å². The molecule has 0 bridgehead atoms. The maximum Gasteiger partial charge on any atom is 0.234 e. The van der Waals surface area contributed by atoms with Gasteiger partial charge in [0.25, 0.3) is 0 Å². The molecule has 0 aliphatic heterocycles. The van der Waals surface area contributed by atoms with Crippen molar-refractivity contribution < 1.29 is 4.79 Å². The molecule has 90 valence electrons. The van der Waals surface area contributed by atoms with Gasteiger partial charge in [-0.15, -0.1) is 0 Å². The molecule has 0 N–H and O–H groups in total. The number of carbonyl (C=O) groups excluding carboxylic acids is 1. The summed E-state index contributed by atoms with van der Waals surface area (Å²) in [6, 6.07) is 20.4. The summed E-state index contributed by atoms with van der Waals surface area (Å²) in [4.78, 5) is 14.0. The van der Waals surface area contributed by atoms with Gasteiger partial charge in [-0.1, -0.05) is 60.7 Å². The number of hydrogen-bond acceptors (Lipinski definition) is 2. The molecule has 0 radical (unpaired) electrons. The molecule has 2 aromatic rings. The van der Waals surface area contributed by atoms with Crippen LogP contribution in [0, 0.1) is 0 Å². The lowest BCUT2D eigenvalue weighted by atomic mass is 9.92. The molecule has 0 aliphatic carbocycles. The average Bonchev–Trinajstić information content (AvgIpc) is 2.45. The van der Waals surface area contributed by atoms with Crippen molar-refractivity contribution >= 4 is 6.08 Å². The van der Waals surface area contributed by atoms with Crippen LogP contribution in [-0.4, -0.2) is 12.6 Å². The van der Waals surface area contributed by atoms with Crippen molar-refractivity contribution in [3.8, 4) is 0 Å². The quantitative estimate of drug-likeness (QED) is 0.579. The second kappa shape index (κ2) is 6.53. The van der Waals surface area contributed by atoms with Crippen molar-refractivity contribution in [2.24, 2.45) is 4.99 Å². The summed E-state index contributed by atoms with van der Waals surface area (Å²) in [6.07, 6.45) is 2.51. The highest BCUT2D eigenvalue weighted by Gasteiger charge is 2.11. The number of rotatable bonds is 5. The molecule has 0 aromatic heterocycles. The summed E-state index contributed by atoms with van der Waals surface area (Å²) in [5.41, 5.74) is 2.47. The Kier molecular flexibility index (Phi) is 4.46. The monoisotopic (exact) mass is 237 g/mol. The van der Waals surface area contributed by atoms with Gasteiger partial charge >= 0.3 is 0 Å². The largest absolute Gasteiger partial charge is 0.234 e. The van der Waals surface area contributed by atoms with Gasteiger partial charge in [0.2, 0.25) is 6.08 Å². The summed E-state index contributed by atoms with van der Waals surface area (Å²) in [6.45, 7) is 0.488. The fourth-order valence-electron chi connectivity index (χ4n) is 2.06. The smallest absolute Gasteiger partial charge is 0.211 e. The molecule has 2 heteroatoms. The van der Waals surface area contributed by atoms with E-state index in [1.165, 1.54) is 11.1 Å². The molecule has 2 rings (SSSR count). The highest BCUT2D eigenvalue weighted by Crippen LogP contribution is 2.21. The van der Waals surface area contributed by atoms with Crippen LogP contribution in [0.25, 0.3) is 0 Å². The molecule has 0 amide bonds. The van der Waals surface area contributed by atoms with E-state index in [0.29, 0.717) is 6.54 Å². The van der Waals surface area contributed by atoms with E-state index in [1.54, 1.807) is 6.08 Å². The fourth-order valence-corrected chi connectivity index (χ4v) is 2.06. The van der Waals surface area contributed by atoms with Gasteiger partial charge in [-0.2, -0.15) is 0 Å². The zero-order valence-corrected chi connectivity index (χ0v) is 10.1. The first-order valence-corrected chi connectivity index (χ1v) is 6.02. The molecule has 1 unspecified atom stereocenters. The molecule has 0 fully saturated rings. The van der Waals surface area contributed by atoms with E-state index < -0.39 is 0 Å². The van der Waals surface area contributed by atoms with E-state index in [1.807, 2.05) is 36.4 Å². The Morgan fingerprint density at radius 3 is 2.17 bits per heavy atom. The van der Waals surface area contributed by atoms with Crippen molar-refractivity contribution in [3.05, 3.63) is 71.8 Å². The van der Waals surface area contributed by atoms with Crippen molar-refractivity contribution in [2.45, 2.75) is 12.3 Å². The van der Waals surface area contributed by atoms with E-state index >= 15 is 0 Å². The lowest BCUT2D eigenvalue weighted by molar-refractivity contribution is 0.560. The van der Waals surface area contributed by atoms with Crippen LogP contribution in [0.3, 0.4) is 0 Å². The fraction of sp³-hybridized carbons (Fsp3) is 0.188. The van der Waals surface area contributed by atoms with E-state index in [-0.39, 0.29) is 5.92 Å². The number of aliphatic imine (C=N–C) groups is 1. The second-order valence-electron chi connectivity index (χ2n) is 4.23. The highest BCUT2D eigenvalue weighted by atomic mass is 16.1. The van der Waals surface area contributed by atoms with Gasteiger partial charge in [-0.3, -0.25) is 0 Å². The maximum atomic E-state index is 10.3. The lowest BCUT2D eigenvalue weighted by Gasteiger charge is -2.14.